The Morgan fingerprint density at radius 2 is 1.86 bits per heavy atom. The SMILES string of the molecule is CN(C)c1ccc(NC(=O)c2ccc(CSc3nc4ccccc4[nH]3)cc2)cn1. The molecule has 0 radical (unpaired) electrons. The van der Waals surface area contributed by atoms with Gasteiger partial charge in [0.1, 0.15) is 5.82 Å². The largest absolute Gasteiger partial charge is 0.363 e. The first kappa shape index (κ1) is 19.0. The fraction of sp³-hybridized carbons (Fsp3) is 0.136. The summed E-state index contributed by atoms with van der Waals surface area (Å²) in [6, 6.07) is 19.3. The zero-order valence-electron chi connectivity index (χ0n) is 16.2. The second-order valence-corrected chi connectivity index (χ2v) is 7.76. The lowest BCUT2D eigenvalue weighted by Crippen LogP contribution is -2.13. The summed E-state index contributed by atoms with van der Waals surface area (Å²) < 4.78 is 0. The van der Waals surface area contributed by atoms with Gasteiger partial charge in [0.15, 0.2) is 5.16 Å². The summed E-state index contributed by atoms with van der Waals surface area (Å²) in [5, 5.41) is 3.77. The number of aromatic amines is 1. The maximum absolute atomic E-state index is 12.5. The fourth-order valence-electron chi connectivity index (χ4n) is 2.83. The number of fused-ring (bicyclic) bond motifs is 1. The third kappa shape index (κ3) is 4.57. The second kappa shape index (κ2) is 8.36. The number of pyridine rings is 1. The summed E-state index contributed by atoms with van der Waals surface area (Å²) in [4.78, 5) is 26.6. The number of anilines is 2. The van der Waals surface area contributed by atoms with Crippen LogP contribution in [0.5, 0.6) is 0 Å². The quantitative estimate of drug-likeness (QED) is 0.462. The number of aromatic nitrogens is 3. The molecule has 0 fully saturated rings. The minimum absolute atomic E-state index is 0.152. The van der Waals surface area contributed by atoms with Crippen molar-refractivity contribution in [3.63, 3.8) is 0 Å². The standard InChI is InChI=1S/C22H21N5OS/c1-27(2)20-12-11-17(13-23-20)24-21(28)16-9-7-15(8-10-16)14-29-22-25-18-5-3-4-6-19(18)26-22/h3-13H,14H2,1-2H3,(H,24,28)(H,25,26). The van der Waals surface area contributed by atoms with Gasteiger partial charge in [0.25, 0.3) is 5.91 Å². The molecule has 2 heterocycles. The van der Waals surface area contributed by atoms with Crippen LogP contribution in [0.1, 0.15) is 15.9 Å². The number of amides is 1. The minimum Gasteiger partial charge on any atom is -0.363 e. The molecular weight excluding hydrogens is 382 g/mol. The number of hydrogen-bond donors (Lipinski definition) is 2. The topological polar surface area (TPSA) is 73.9 Å². The Hall–Kier alpha value is -3.32. The Balaban J connectivity index is 1.36. The first-order valence-electron chi connectivity index (χ1n) is 9.20. The van der Waals surface area contributed by atoms with Gasteiger partial charge in [-0.2, -0.15) is 0 Å². The summed E-state index contributed by atoms with van der Waals surface area (Å²) >= 11 is 1.64. The van der Waals surface area contributed by atoms with Gasteiger partial charge in [-0.25, -0.2) is 9.97 Å². The van der Waals surface area contributed by atoms with Crippen molar-refractivity contribution in [2.45, 2.75) is 10.9 Å². The Labute approximate surface area is 173 Å². The van der Waals surface area contributed by atoms with Crippen LogP contribution in [0.25, 0.3) is 11.0 Å². The highest BCUT2D eigenvalue weighted by Gasteiger charge is 2.08. The average Bonchev–Trinajstić information content (AvgIpc) is 3.16. The monoisotopic (exact) mass is 403 g/mol. The zero-order chi connectivity index (χ0) is 20.2. The van der Waals surface area contributed by atoms with E-state index in [1.807, 2.05) is 79.7 Å². The molecule has 1 amide bonds. The van der Waals surface area contributed by atoms with E-state index in [2.05, 4.69) is 20.3 Å². The molecule has 0 aliphatic heterocycles. The molecule has 4 aromatic rings. The number of para-hydroxylation sites is 2. The molecule has 0 atom stereocenters. The van der Waals surface area contributed by atoms with Crippen LogP contribution in [0.3, 0.4) is 0 Å². The number of nitrogens with zero attached hydrogens (tertiary/aromatic N) is 3. The van der Waals surface area contributed by atoms with E-state index in [1.54, 1.807) is 18.0 Å². The van der Waals surface area contributed by atoms with Crippen LogP contribution in [-0.2, 0) is 5.75 Å². The number of rotatable bonds is 6. The van der Waals surface area contributed by atoms with E-state index >= 15 is 0 Å². The first-order valence-corrected chi connectivity index (χ1v) is 10.2. The number of thioether (sulfide) groups is 1. The number of benzene rings is 2. The van der Waals surface area contributed by atoms with Gasteiger partial charge in [0, 0.05) is 25.4 Å². The van der Waals surface area contributed by atoms with Crippen molar-refractivity contribution in [1.82, 2.24) is 15.0 Å². The van der Waals surface area contributed by atoms with Gasteiger partial charge in [-0.05, 0) is 42.0 Å². The number of H-pyrrole nitrogens is 1. The van der Waals surface area contributed by atoms with Crippen LogP contribution in [0.2, 0.25) is 0 Å². The van der Waals surface area contributed by atoms with Gasteiger partial charge >= 0.3 is 0 Å². The van der Waals surface area contributed by atoms with E-state index in [9.17, 15) is 4.79 Å². The molecule has 4 rings (SSSR count). The Bertz CT molecular complexity index is 1090. The molecule has 146 valence electrons. The van der Waals surface area contributed by atoms with Crippen molar-refractivity contribution in [3.05, 3.63) is 78.0 Å². The van der Waals surface area contributed by atoms with Crippen LogP contribution < -0.4 is 10.2 Å². The molecule has 0 aliphatic rings. The van der Waals surface area contributed by atoms with Gasteiger partial charge < -0.3 is 15.2 Å². The molecule has 0 aliphatic carbocycles. The van der Waals surface area contributed by atoms with E-state index in [0.717, 1.165) is 33.3 Å². The third-order valence-corrected chi connectivity index (χ3v) is 5.37. The fourth-order valence-corrected chi connectivity index (χ4v) is 3.67. The summed E-state index contributed by atoms with van der Waals surface area (Å²) in [5.41, 5.74) is 4.42. The zero-order valence-corrected chi connectivity index (χ0v) is 17.0. The van der Waals surface area contributed by atoms with Crippen LogP contribution in [0, 0.1) is 0 Å². The molecule has 0 unspecified atom stereocenters. The van der Waals surface area contributed by atoms with E-state index in [-0.39, 0.29) is 5.91 Å². The number of carbonyl (C=O) groups excluding carboxylic acids is 1. The molecule has 0 bridgehead atoms. The van der Waals surface area contributed by atoms with Crippen LogP contribution in [-0.4, -0.2) is 35.0 Å². The van der Waals surface area contributed by atoms with Gasteiger partial charge in [0.2, 0.25) is 0 Å². The van der Waals surface area contributed by atoms with Gasteiger partial charge in [-0.3, -0.25) is 4.79 Å². The number of nitrogens with one attached hydrogen (secondary N) is 2. The summed E-state index contributed by atoms with van der Waals surface area (Å²) in [6.07, 6.45) is 1.66. The van der Waals surface area contributed by atoms with Crippen molar-refractivity contribution in [2.24, 2.45) is 0 Å². The predicted molar refractivity (Wildman–Crippen MR) is 119 cm³/mol. The first-order chi connectivity index (χ1) is 14.1. The maximum Gasteiger partial charge on any atom is 0.255 e. The third-order valence-electron chi connectivity index (χ3n) is 4.42. The van der Waals surface area contributed by atoms with Crippen molar-refractivity contribution in [2.75, 3.05) is 24.3 Å². The predicted octanol–water partition coefficient (Wildman–Crippen LogP) is 4.57. The molecule has 0 spiro atoms. The van der Waals surface area contributed by atoms with E-state index < -0.39 is 0 Å². The van der Waals surface area contributed by atoms with Gasteiger partial charge in [0.05, 0.1) is 22.9 Å². The number of hydrogen-bond acceptors (Lipinski definition) is 5. The van der Waals surface area contributed by atoms with E-state index in [1.165, 1.54) is 0 Å². The Morgan fingerprint density at radius 3 is 2.55 bits per heavy atom. The lowest BCUT2D eigenvalue weighted by Gasteiger charge is -2.11. The minimum atomic E-state index is -0.152. The van der Waals surface area contributed by atoms with Gasteiger partial charge in [-0.15, -0.1) is 0 Å². The molecule has 2 N–H and O–H groups in total. The molecule has 29 heavy (non-hydrogen) atoms. The summed E-state index contributed by atoms with van der Waals surface area (Å²) in [7, 11) is 3.85. The average molecular weight is 404 g/mol. The number of imidazole rings is 1. The summed E-state index contributed by atoms with van der Waals surface area (Å²) in [5.74, 6) is 1.47. The maximum atomic E-state index is 12.5. The van der Waals surface area contributed by atoms with Crippen molar-refractivity contribution >= 4 is 40.2 Å². The molecule has 2 aromatic heterocycles. The highest BCUT2D eigenvalue weighted by molar-refractivity contribution is 7.98. The molecule has 0 saturated carbocycles. The van der Waals surface area contributed by atoms with Crippen molar-refractivity contribution in [3.8, 4) is 0 Å². The molecule has 2 aromatic carbocycles. The smallest absolute Gasteiger partial charge is 0.255 e. The number of carbonyl (C=O) groups is 1. The molecule has 6 nitrogen and oxygen atoms in total. The van der Waals surface area contributed by atoms with E-state index in [0.29, 0.717) is 11.3 Å². The molecular formula is C22H21N5OS. The van der Waals surface area contributed by atoms with Crippen molar-refractivity contribution < 1.29 is 4.79 Å². The van der Waals surface area contributed by atoms with Crippen LogP contribution in [0.15, 0.2) is 72.0 Å². The van der Waals surface area contributed by atoms with E-state index in [4.69, 9.17) is 0 Å². The lowest BCUT2D eigenvalue weighted by molar-refractivity contribution is 0.102. The molecule has 0 saturated heterocycles. The van der Waals surface area contributed by atoms with Crippen LogP contribution in [0.4, 0.5) is 11.5 Å². The van der Waals surface area contributed by atoms with Crippen LogP contribution >= 0.6 is 11.8 Å². The lowest BCUT2D eigenvalue weighted by atomic mass is 10.1. The highest BCUT2D eigenvalue weighted by Crippen LogP contribution is 2.23. The second-order valence-electron chi connectivity index (χ2n) is 6.80. The molecule has 7 heteroatoms. The summed E-state index contributed by atoms with van der Waals surface area (Å²) in [6.45, 7) is 0. The van der Waals surface area contributed by atoms with Crippen molar-refractivity contribution in [1.29, 1.82) is 0 Å². The van der Waals surface area contributed by atoms with Gasteiger partial charge in [-0.1, -0.05) is 36.0 Å². The normalized spacial score (nSPS) is 10.8. The highest BCUT2D eigenvalue weighted by atomic mass is 32.2. The Kier molecular flexibility index (Phi) is 5.48. The Morgan fingerprint density at radius 1 is 1.07 bits per heavy atom.